The Kier molecular flexibility index (Phi) is 5.95. The molecule has 1 aliphatic carbocycles. The van der Waals surface area contributed by atoms with E-state index >= 15 is 0 Å². The van der Waals surface area contributed by atoms with Gasteiger partial charge in [0.1, 0.15) is 12.4 Å². The molecule has 25 heavy (non-hydrogen) atoms. The molecule has 2 rings (SSSR count). The van der Waals surface area contributed by atoms with Crippen LogP contribution in [0.2, 0.25) is 0 Å². The zero-order valence-electron chi connectivity index (χ0n) is 14.8. The van der Waals surface area contributed by atoms with Crippen LogP contribution in [0.5, 0.6) is 0 Å². The van der Waals surface area contributed by atoms with Crippen LogP contribution in [0, 0.1) is 11.8 Å². The Morgan fingerprint density at radius 2 is 2.16 bits per heavy atom. The van der Waals surface area contributed by atoms with Crippen molar-refractivity contribution in [3.63, 3.8) is 0 Å². The predicted octanol–water partition coefficient (Wildman–Crippen LogP) is 1.45. The Labute approximate surface area is 147 Å². The van der Waals surface area contributed by atoms with E-state index in [0.717, 1.165) is 5.57 Å². The number of hydrogen-bond acceptors (Lipinski definition) is 5. The molecule has 1 fully saturated rings. The molecule has 4 atom stereocenters. The predicted molar refractivity (Wildman–Crippen MR) is 92.4 cm³/mol. The highest BCUT2D eigenvalue weighted by Crippen LogP contribution is 2.34. The fourth-order valence-corrected chi connectivity index (χ4v) is 3.12. The first-order chi connectivity index (χ1) is 11.8. The van der Waals surface area contributed by atoms with Crippen molar-refractivity contribution in [2.24, 2.45) is 11.8 Å². The van der Waals surface area contributed by atoms with Crippen LogP contribution in [0.15, 0.2) is 35.5 Å². The third kappa shape index (κ3) is 4.07. The molecular weight excluding hydrogens is 322 g/mol. The van der Waals surface area contributed by atoms with Gasteiger partial charge in [-0.05, 0) is 25.8 Å². The Bertz CT molecular complexity index is 646. The van der Waals surface area contributed by atoms with Gasteiger partial charge in [0.05, 0.1) is 18.1 Å². The van der Waals surface area contributed by atoms with E-state index in [2.05, 4.69) is 11.9 Å². The number of aliphatic hydroxyl groups excluding tert-OH is 1. The van der Waals surface area contributed by atoms with Crippen LogP contribution in [0.4, 0.5) is 0 Å². The number of esters is 1. The zero-order valence-corrected chi connectivity index (χ0v) is 14.8. The molecule has 0 aromatic carbocycles. The lowest BCUT2D eigenvalue weighted by Gasteiger charge is -2.31. The SMILES string of the molecule is C=C1C(=O)O[C@@H]2C=C(C)CCC=C(C=O)[C@H](NC(=O)C(C)C)[C@@H](O)[C@@H]12. The lowest BCUT2D eigenvalue weighted by atomic mass is 9.82. The molecule has 2 N–H and O–H groups in total. The first-order valence-electron chi connectivity index (χ1n) is 8.47. The van der Waals surface area contributed by atoms with Gasteiger partial charge in [0.15, 0.2) is 0 Å². The molecule has 1 saturated heterocycles. The van der Waals surface area contributed by atoms with Crippen molar-refractivity contribution in [1.82, 2.24) is 5.32 Å². The van der Waals surface area contributed by atoms with Crippen molar-refractivity contribution >= 4 is 18.2 Å². The van der Waals surface area contributed by atoms with E-state index in [9.17, 15) is 19.5 Å². The number of aldehydes is 1. The molecule has 1 heterocycles. The molecule has 0 bridgehead atoms. The number of fused-ring (bicyclic) bond motifs is 1. The number of rotatable bonds is 3. The highest BCUT2D eigenvalue weighted by molar-refractivity contribution is 5.91. The molecular formula is C19H25NO5. The normalized spacial score (nSPS) is 30.1. The second kappa shape index (κ2) is 7.78. The number of allylic oxidation sites excluding steroid dienone is 2. The lowest BCUT2D eigenvalue weighted by molar-refractivity contribution is -0.138. The van der Waals surface area contributed by atoms with Crippen molar-refractivity contribution in [1.29, 1.82) is 0 Å². The maximum absolute atomic E-state index is 12.2. The summed E-state index contributed by atoms with van der Waals surface area (Å²) in [5.74, 6) is -1.88. The second-order valence-corrected chi connectivity index (χ2v) is 6.93. The fourth-order valence-electron chi connectivity index (χ4n) is 3.12. The third-order valence-electron chi connectivity index (χ3n) is 4.66. The fraction of sp³-hybridized carbons (Fsp3) is 0.526. The van der Waals surface area contributed by atoms with Crippen LogP contribution in [-0.4, -0.2) is 41.5 Å². The average molecular weight is 347 g/mol. The molecule has 6 heteroatoms. The summed E-state index contributed by atoms with van der Waals surface area (Å²) >= 11 is 0. The van der Waals surface area contributed by atoms with Crippen LogP contribution in [0.1, 0.15) is 33.6 Å². The Morgan fingerprint density at radius 1 is 1.48 bits per heavy atom. The van der Waals surface area contributed by atoms with Crippen molar-refractivity contribution in [3.8, 4) is 0 Å². The summed E-state index contributed by atoms with van der Waals surface area (Å²) < 4.78 is 5.32. The Morgan fingerprint density at radius 3 is 2.76 bits per heavy atom. The first kappa shape index (κ1) is 19.1. The second-order valence-electron chi connectivity index (χ2n) is 6.93. The maximum atomic E-state index is 12.2. The Balaban J connectivity index is 2.46. The monoisotopic (exact) mass is 347 g/mol. The Hall–Kier alpha value is -2.21. The van der Waals surface area contributed by atoms with E-state index in [1.54, 1.807) is 19.9 Å². The molecule has 6 nitrogen and oxygen atoms in total. The van der Waals surface area contributed by atoms with Gasteiger partial charge in [-0.1, -0.05) is 32.1 Å². The van der Waals surface area contributed by atoms with Crippen LogP contribution in [0.25, 0.3) is 0 Å². The highest BCUT2D eigenvalue weighted by atomic mass is 16.6. The summed E-state index contributed by atoms with van der Waals surface area (Å²) in [5, 5.41) is 13.7. The molecule has 0 unspecified atom stereocenters. The van der Waals surface area contributed by atoms with Crippen LogP contribution in [0.3, 0.4) is 0 Å². The van der Waals surface area contributed by atoms with E-state index in [1.807, 2.05) is 13.0 Å². The number of amides is 1. The minimum absolute atomic E-state index is 0.149. The maximum Gasteiger partial charge on any atom is 0.334 e. The van der Waals surface area contributed by atoms with E-state index < -0.39 is 30.1 Å². The van der Waals surface area contributed by atoms with E-state index in [1.165, 1.54) is 0 Å². The van der Waals surface area contributed by atoms with Gasteiger partial charge in [-0.3, -0.25) is 9.59 Å². The van der Waals surface area contributed by atoms with Crippen molar-refractivity contribution in [3.05, 3.63) is 35.5 Å². The molecule has 136 valence electrons. The minimum Gasteiger partial charge on any atom is -0.454 e. The average Bonchev–Trinajstić information content (AvgIpc) is 2.82. The van der Waals surface area contributed by atoms with Crippen LogP contribution in [-0.2, 0) is 19.1 Å². The standard InChI is InChI=1S/C19H25NO5/c1-10(2)18(23)20-16-13(9-21)7-5-6-11(3)8-14-15(17(16)22)12(4)19(24)25-14/h7-10,14-17,22H,4-6H2,1-3H3,(H,20,23)/t14-,15+,16+,17+/m1/s1. The number of hydrogen-bond donors (Lipinski definition) is 2. The zero-order chi connectivity index (χ0) is 18.7. The summed E-state index contributed by atoms with van der Waals surface area (Å²) in [6, 6.07) is -0.919. The molecule has 0 aromatic rings. The van der Waals surface area contributed by atoms with Gasteiger partial charge < -0.3 is 15.2 Å². The van der Waals surface area contributed by atoms with Crippen molar-refractivity contribution < 1.29 is 24.2 Å². The summed E-state index contributed by atoms with van der Waals surface area (Å²) in [6.45, 7) is 9.09. The molecule has 1 aliphatic heterocycles. The summed E-state index contributed by atoms with van der Waals surface area (Å²) in [4.78, 5) is 35.7. The molecule has 1 amide bonds. The van der Waals surface area contributed by atoms with Gasteiger partial charge >= 0.3 is 5.97 Å². The number of aliphatic hydroxyl groups is 1. The highest BCUT2D eigenvalue weighted by Gasteiger charge is 2.45. The van der Waals surface area contributed by atoms with Crippen LogP contribution >= 0.6 is 0 Å². The van der Waals surface area contributed by atoms with E-state index in [-0.39, 0.29) is 17.4 Å². The first-order valence-corrected chi connectivity index (χ1v) is 8.47. The summed E-state index contributed by atoms with van der Waals surface area (Å²) in [7, 11) is 0. The smallest absolute Gasteiger partial charge is 0.334 e. The van der Waals surface area contributed by atoms with E-state index in [0.29, 0.717) is 24.7 Å². The van der Waals surface area contributed by atoms with Crippen molar-refractivity contribution in [2.45, 2.75) is 51.9 Å². The van der Waals surface area contributed by atoms with Crippen molar-refractivity contribution in [2.75, 3.05) is 0 Å². The van der Waals surface area contributed by atoms with Gasteiger partial charge in [-0.15, -0.1) is 0 Å². The summed E-state index contributed by atoms with van der Waals surface area (Å²) in [5.41, 5.74) is 1.44. The number of carbonyl (C=O) groups excluding carboxylic acids is 3. The number of ether oxygens (including phenoxy) is 1. The van der Waals surface area contributed by atoms with Gasteiger partial charge in [0, 0.05) is 17.1 Å². The van der Waals surface area contributed by atoms with Gasteiger partial charge in [-0.2, -0.15) is 0 Å². The molecule has 0 spiro atoms. The molecule has 0 aromatic heterocycles. The number of carbonyl (C=O) groups is 3. The largest absolute Gasteiger partial charge is 0.454 e. The van der Waals surface area contributed by atoms with Gasteiger partial charge in [0.2, 0.25) is 5.91 Å². The minimum atomic E-state index is -1.20. The quantitative estimate of drug-likeness (QED) is 0.349. The lowest BCUT2D eigenvalue weighted by Crippen LogP contribution is -2.51. The number of nitrogens with one attached hydrogen (secondary N) is 1. The van der Waals surface area contributed by atoms with Gasteiger partial charge in [0.25, 0.3) is 0 Å². The molecule has 2 aliphatic rings. The summed E-state index contributed by atoms with van der Waals surface area (Å²) in [6.07, 6.45) is 3.59. The molecule has 0 radical (unpaired) electrons. The van der Waals surface area contributed by atoms with E-state index in [4.69, 9.17) is 4.74 Å². The van der Waals surface area contributed by atoms with Crippen LogP contribution < -0.4 is 5.32 Å². The molecule has 0 saturated carbocycles. The van der Waals surface area contributed by atoms with Gasteiger partial charge in [-0.25, -0.2) is 4.79 Å². The third-order valence-corrected chi connectivity index (χ3v) is 4.66. The topological polar surface area (TPSA) is 92.7 Å².